The van der Waals surface area contributed by atoms with Gasteiger partial charge in [0.15, 0.2) is 0 Å². The van der Waals surface area contributed by atoms with Gasteiger partial charge in [-0.2, -0.15) is 0 Å². The fraction of sp³-hybridized carbons (Fsp3) is 0.250. The maximum absolute atomic E-state index is 4.33. The third kappa shape index (κ3) is 2.29. The number of aromatic nitrogens is 1. The van der Waals surface area contributed by atoms with E-state index >= 15 is 0 Å². The smallest absolute Gasteiger partial charge is 0.0976 e. The van der Waals surface area contributed by atoms with E-state index in [2.05, 4.69) is 59.0 Å². The van der Waals surface area contributed by atoms with E-state index in [0.29, 0.717) is 5.92 Å². The van der Waals surface area contributed by atoms with Crippen LogP contribution in [0.15, 0.2) is 33.6 Å². The zero-order chi connectivity index (χ0) is 10.8. The van der Waals surface area contributed by atoms with Crippen molar-refractivity contribution in [3.8, 4) is 11.3 Å². The summed E-state index contributed by atoms with van der Waals surface area (Å²) in [7, 11) is 0. The standard InChI is InChI=1S/C12H12BrNS/c1-8(2)9-3-5-10(6-4-9)11-12(13)15-7-14-11/h3-8H,1-2H3. The fourth-order valence-electron chi connectivity index (χ4n) is 1.45. The maximum Gasteiger partial charge on any atom is 0.0976 e. The summed E-state index contributed by atoms with van der Waals surface area (Å²) < 4.78 is 1.10. The Morgan fingerprint density at radius 3 is 2.33 bits per heavy atom. The summed E-state index contributed by atoms with van der Waals surface area (Å²) in [6, 6.07) is 8.61. The first-order chi connectivity index (χ1) is 7.18. The molecule has 0 saturated heterocycles. The van der Waals surface area contributed by atoms with Crippen LogP contribution in [0.25, 0.3) is 11.3 Å². The third-order valence-electron chi connectivity index (χ3n) is 2.37. The molecule has 2 rings (SSSR count). The molecule has 0 unspecified atom stereocenters. The molecule has 0 saturated carbocycles. The maximum atomic E-state index is 4.33. The lowest BCUT2D eigenvalue weighted by Gasteiger charge is -2.05. The number of hydrogen-bond donors (Lipinski definition) is 0. The molecule has 0 aliphatic carbocycles. The van der Waals surface area contributed by atoms with Crippen LogP contribution in [0.3, 0.4) is 0 Å². The quantitative estimate of drug-likeness (QED) is 0.778. The van der Waals surface area contributed by atoms with Gasteiger partial charge in [0, 0.05) is 5.56 Å². The Balaban J connectivity index is 2.36. The molecule has 0 radical (unpaired) electrons. The zero-order valence-corrected chi connectivity index (χ0v) is 11.1. The van der Waals surface area contributed by atoms with Crippen molar-refractivity contribution in [2.24, 2.45) is 0 Å². The van der Waals surface area contributed by atoms with Crippen LogP contribution in [-0.4, -0.2) is 4.98 Å². The molecule has 0 bridgehead atoms. The van der Waals surface area contributed by atoms with E-state index in [9.17, 15) is 0 Å². The highest BCUT2D eigenvalue weighted by Gasteiger charge is 2.06. The molecule has 15 heavy (non-hydrogen) atoms. The van der Waals surface area contributed by atoms with Crippen molar-refractivity contribution >= 4 is 27.3 Å². The van der Waals surface area contributed by atoms with Gasteiger partial charge in [-0.25, -0.2) is 4.98 Å². The second-order valence-corrected chi connectivity index (χ2v) is 5.92. The average molecular weight is 282 g/mol. The van der Waals surface area contributed by atoms with Gasteiger partial charge in [0.1, 0.15) is 0 Å². The topological polar surface area (TPSA) is 12.9 Å². The second kappa shape index (κ2) is 4.45. The van der Waals surface area contributed by atoms with Crippen LogP contribution in [0.4, 0.5) is 0 Å². The summed E-state index contributed by atoms with van der Waals surface area (Å²) in [5.74, 6) is 0.581. The van der Waals surface area contributed by atoms with Gasteiger partial charge in [0.25, 0.3) is 0 Å². The average Bonchev–Trinajstić information content (AvgIpc) is 2.65. The zero-order valence-electron chi connectivity index (χ0n) is 8.70. The SMILES string of the molecule is CC(C)c1ccc(-c2ncsc2Br)cc1. The van der Waals surface area contributed by atoms with Crippen molar-refractivity contribution in [3.63, 3.8) is 0 Å². The lowest BCUT2D eigenvalue weighted by Crippen LogP contribution is -1.86. The van der Waals surface area contributed by atoms with E-state index in [1.807, 2.05) is 5.51 Å². The molecule has 0 spiro atoms. The first-order valence-electron chi connectivity index (χ1n) is 4.88. The third-order valence-corrected chi connectivity index (χ3v) is 3.92. The van der Waals surface area contributed by atoms with Gasteiger partial charge in [-0.05, 0) is 27.4 Å². The van der Waals surface area contributed by atoms with Gasteiger partial charge < -0.3 is 0 Å². The number of benzene rings is 1. The number of hydrogen-bond acceptors (Lipinski definition) is 2. The number of halogens is 1. The molecule has 0 aliphatic rings. The fourth-order valence-corrected chi connectivity index (χ4v) is 2.56. The molecule has 3 heteroatoms. The largest absolute Gasteiger partial charge is 0.243 e. The van der Waals surface area contributed by atoms with Crippen LogP contribution in [0.5, 0.6) is 0 Å². The highest BCUT2D eigenvalue weighted by atomic mass is 79.9. The van der Waals surface area contributed by atoms with Crippen molar-refractivity contribution in [1.29, 1.82) is 0 Å². The lowest BCUT2D eigenvalue weighted by atomic mass is 10.0. The molecule has 78 valence electrons. The Morgan fingerprint density at radius 2 is 1.87 bits per heavy atom. The second-order valence-electron chi connectivity index (χ2n) is 3.75. The van der Waals surface area contributed by atoms with Gasteiger partial charge in [0.2, 0.25) is 0 Å². The van der Waals surface area contributed by atoms with Crippen LogP contribution >= 0.6 is 27.3 Å². The molecule has 0 amide bonds. The van der Waals surface area contributed by atoms with E-state index in [0.717, 1.165) is 9.48 Å². The van der Waals surface area contributed by atoms with Crippen molar-refractivity contribution in [2.75, 3.05) is 0 Å². The molecular weight excluding hydrogens is 270 g/mol. The highest BCUT2D eigenvalue weighted by Crippen LogP contribution is 2.30. The predicted octanol–water partition coefficient (Wildman–Crippen LogP) is 4.70. The minimum absolute atomic E-state index is 0.581. The summed E-state index contributed by atoms with van der Waals surface area (Å²) in [5, 5.41) is 0. The molecular formula is C12H12BrNS. The molecule has 2 aromatic rings. The van der Waals surface area contributed by atoms with Gasteiger partial charge >= 0.3 is 0 Å². The monoisotopic (exact) mass is 281 g/mol. The van der Waals surface area contributed by atoms with Crippen molar-refractivity contribution in [1.82, 2.24) is 4.98 Å². The van der Waals surface area contributed by atoms with Gasteiger partial charge in [0.05, 0.1) is 15.0 Å². The Labute approximate surface area is 102 Å². The Bertz CT molecular complexity index is 445. The number of rotatable bonds is 2. The Morgan fingerprint density at radius 1 is 1.20 bits per heavy atom. The van der Waals surface area contributed by atoms with E-state index in [1.54, 1.807) is 11.3 Å². The van der Waals surface area contributed by atoms with Crippen LogP contribution in [0.2, 0.25) is 0 Å². The first-order valence-corrected chi connectivity index (χ1v) is 6.55. The number of nitrogens with zero attached hydrogens (tertiary/aromatic N) is 1. The summed E-state index contributed by atoms with van der Waals surface area (Å²) in [5.41, 5.74) is 5.43. The van der Waals surface area contributed by atoms with E-state index in [4.69, 9.17) is 0 Å². The molecule has 1 heterocycles. The molecule has 1 nitrogen and oxygen atoms in total. The van der Waals surface area contributed by atoms with Gasteiger partial charge in [-0.3, -0.25) is 0 Å². The van der Waals surface area contributed by atoms with Crippen LogP contribution in [-0.2, 0) is 0 Å². The van der Waals surface area contributed by atoms with Crippen LogP contribution < -0.4 is 0 Å². The van der Waals surface area contributed by atoms with Gasteiger partial charge in [-0.15, -0.1) is 11.3 Å². The summed E-state index contributed by atoms with van der Waals surface area (Å²) in [4.78, 5) is 4.33. The van der Waals surface area contributed by atoms with Crippen LogP contribution in [0.1, 0.15) is 25.3 Å². The van der Waals surface area contributed by atoms with Crippen LogP contribution in [0, 0.1) is 0 Å². The molecule has 1 aromatic carbocycles. The van der Waals surface area contributed by atoms with E-state index in [-0.39, 0.29) is 0 Å². The Kier molecular flexibility index (Phi) is 3.22. The van der Waals surface area contributed by atoms with Crippen molar-refractivity contribution < 1.29 is 0 Å². The summed E-state index contributed by atoms with van der Waals surface area (Å²) >= 11 is 5.12. The minimum atomic E-state index is 0.581. The number of thiazole rings is 1. The normalized spacial score (nSPS) is 10.9. The van der Waals surface area contributed by atoms with E-state index < -0.39 is 0 Å². The molecule has 1 aromatic heterocycles. The highest BCUT2D eigenvalue weighted by molar-refractivity contribution is 9.11. The first kappa shape index (κ1) is 10.8. The summed E-state index contributed by atoms with van der Waals surface area (Å²) in [6.45, 7) is 4.40. The van der Waals surface area contributed by atoms with E-state index in [1.165, 1.54) is 11.1 Å². The van der Waals surface area contributed by atoms with Gasteiger partial charge in [-0.1, -0.05) is 38.1 Å². The molecule has 0 aliphatic heterocycles. The lowest BCUT2D eigenvalue weighted by molar-refractivity contribution is 0.867. The van der Waals surface area contributed by atoms with Crippen molar-refractivity contribution in [2.45, 2.75) is 19.8 Å². The minimum Gasteiger partial charge on any atom is -0.243 e. The molecule has 0 N–H and O–H groups in total. The Hall–Kier alpha value is -0.670. The molecule has 0 atom stereocenters. The molecule has 0 fully saturated rings. The predicted molar refractivity (Wildman–Crippen MR) is 69.3 cm³/mol. The summed E-state index contributed by atoms with van der Waals surface area (Å²) in [6.07, 6.45) is 0. The van der Waals surface area contributed by atoms with Crippen molar-refractivity contribution in [3.05, 3.63) is 39.1 Å².